The van der Waals surface area contributed by atoms with Gasteiger partial charge in [-0.15, -0.1) is 11.6 Å². The highest BCUT2D eigenvalue weighted by atomic mass is 35.5. The van der Waals surface area contributed by atoms with Gasteiger partial charge in [0, 0.05) is 66.2 Å². The summed E-state index contributed by atoms with van der Waals surface area (Å²) in [6.07, 6.45) is -4.20. The number of likely N-dealkylation sites (N-methyl/N-ethyl adjacent to an activating group) is 5. The summed E-state index contributed by atoms with van der Waals surface area (Å²) in [6, 6.07) is -9.31. The molecule has 4 N–H and O–H groups in total. The lowest BCUT2D eigenvalue weighted by atomic mass is 9.78. The monoisotopic (exact) mass is 1370 g/mol. The summed E-state index contributed by atoms with van der Waals surface area (Å²) in [5.41, 5.74) is -1.50. The third kappa shape index (κ3) is 18.6. The largest absolute Gasteiger partial charge is 0.393 e. The zero-order valence-electron chi connectivity index (χ0n) is 56.7. The molecule has 7 rings (SSSR count). The number of nitrogens with one attached hydrogen (secondary N) is 4. The third-order valence-electron chi connectivity index (χ3n) is 22.1. The molecular formula is C66H102ClF6N11O11. The summed E-state index contributed by atoms with van der Waals surface area (Å²) in [5, 5.41) is 10.4. The summed E-state index contributed by atoms with van der Waals surface area (Å²) in [7, 11) is 6.91. The van der Waals surface area contributed by atoms with Crippen LogP contribution in [0.4, 0.5) is 26.3 Å². The van der Waals surface area contributed by atoms with E-state index in [1.54, 1.807) is 20.8 Å². The molecule has 0 aromatic heterocycles. The molecule has 12 atom stereocenters. The second kappa shape index (κ2) is 32.6. The lowest BCUT2D eigenvalue weighted by molar-refractivity contribution is -0.184. The Labute approximate surface area is 559 Å². The van der Waals surface area contributed by atoms with Crippen LogP contribution in [0, 0.1) is 35.5 Å². The van der Waals surface area contributed by atoms with Gasteiger partial charge in [-0.3, -0.25) is 52.7 Å². The number of fused-ring (bicyclic) bond motifs is 2. The van der Waals surface area contributed by atoms with E-state index in [9.17, 15) is 64.7 Å². The summed E-state index contributed by atoms with van der Waals surface area (Å²) < 4.78 is 83.8. The van der Waals surface area contributed by atoms with E-state index in [1.807, 2.05) is 0 Å². The maximum atomic E-state index is 15.3. The Bertz CT molecular complexity index is 2780. The topological polar surface area (TPSA) is 259 Å². The van der Waals surface area contributed by atoms with E-state index in [4.69, 9.17) is 11.6 Å². The molecule has 95 heavy (non-hydrogen) atoms. The molecule has 7 fully saturated rings. The Balaban J connectivity index is 1.23. The first-order valence-corrected chi connectivity index (χ1v) is 34.9. The van der Waals surface area contributed by atoms with Crippen LogP contribution >= 0.6 is 11.6 Å². The van der Waals surface area contributed by atoms with E-state index in [-0.39, 0.29) is 122 Å². The highest BCUT2D eigenvalue weighted by molar-refractivity contribution is 6.20. The van der Waals surface area contributed by atoms with Crippen molar-refractivity contribution < 1.29 is 79.1 Å². The van der Waals surface area contributed by atoms with Crippen LogP contribution in [0.25, 0.3) is 0 Å². The van der Waals surface area contributed by atoms with Crippen molar-refractivity contribution in [3.05, 3.63) is 0 Å². The zero-order chi connectivity index (χ0) is 70.2. The van der Waals surface area contributed by atoms with Gasteiger partial charge in [0.1, 0.15) is 47.8 Å². The molecule has 0 bridgehead atoms. The van der Waals surface area contributed by atoms with Crippen molar-refractivity contribution in [1.29, 1.82) is 0 Å². The van der Waals surface area contributed by atoms with Gasteiger partial charge in [0.05, 0.1) is 24.9 Å². The first kappa shape index (κ1) is 76.4. The number of amides is 11. The first-order valence-electron chi connectivity index (χ1n) is 34.5. The number of rotatable bonds is 8. The zero-order valence-corrected chi connectivity index (χ0v) is 57.5. The molecule has 0 aromatic rings. The molecule has 0 radical (unpaired) electrons. The minimum atomic E-state index is -4.53. The molecule has 536 valence electrons. The SMILES string of the molecule is CC[C@H](C)[C@@H]1NC(=O)[C@H](C)N(C)C(=O)C[C@@H](C)NC(=O)[C@H](C2CCCC2)N(C)C(=O)C2(CCCC2)NC(=O)[C@@H]2CCCN2C(=O)[C@H](CCC2CCC(C(F)(F)F)C(Cl)C2)NC(=O)[C@H]2CCCN2C(=O)[C@H](CC2CCC(C(F)(F)F)CC2)N(C)C(=O)CN(C)C(=O)CN(C)C1=O. The molecule has 7 aliphatic rings. The average molecular weight is 1380 g/mol. The lowest BCUT2D eigenvalue weighted by Crippen LogP contribution is -2.64. The van der Waals surface area contributed by atoms with Crippen molar-refractivity contribution >= 4 is 76.6 Å². The van der Waals surface area contributed by atoms with Crippen LogP contribution in [-0.4, -0.2) is 232 Å². The molecule has 3 saturated heterocycles. The van der Waals surface area contributed by atoms with Gasteiger partial charge in [-0.05, 0) is 153 Å². The highest BCUT2D eigenvalue weighted by Crippen LogP contribution is 2.45. The number of carbonyl (C=O) groups is 11. The lowest BCUT2D eigenvalue weighted by Gasteiger charge is -2.40. The van der Waals surface area contributed by atoms with Crippen LogP contribution in [0.3, 0.4) is 0 Å². The van der Waals surface area contributed by atoms with Gasteiger partial charge >= 0.3 is 12.4 Å². The normalized spacial score (nSPS) is 32.7. The quantitative estimate of drug-likeness (QED) is 0.161. The highest BCUT2D eigenvalue weighted by Gasteiger charge is 2.52. The maximum absolute atomic E-state index is 15.3. The van der Waals surface area contributed by atoms with Crippen molar-refractivity contribution in [3.63, 3.8) is 0 Å². The van der Waals surface area contributed by atoms with Crippen LogP contribution < -0.4 is 21.3 Å². The molecular weight excluding hydrogens is 1270 g/mol. The van der Waals surface area contributed by atoms with Crippen molar-refractivity contribution in [2.24, 2.45) is 35.5 Å². The smallest absolute Gasteiger partial charge is 0.351 e. The van der Waals surface area contributed by atoms with Crippen molar-refractivity contribution in [2.45, 2.75) is 253 Å². The van der Waals surface area contributed by atoms with Crippen LogP contribution in [0.2, 0.25) is 0 Å². The second-order valence-corrected chi connectivity index (χ2v) is 29.2. The molecule has 1 spiro atoms. The molecule has 3 heterocycles. The number of alkyl halides is 7. The molecule has 4 aliphatic carbocycles. The summed E-state index contributed by atoms with van der Waals surface area (Å²) in [6.45, 7) is 5.46. The molecule has 29 heteroatoms. The number of hydrogen-bond acceptors (Lipinski definition) is 11. The fourth-order valence-electron chi connectivity index (χ4n) is 15.7. The summed E-state index contributed by atoms with van der Waals surface area (Å²) in [5.74, 6) is -12.2. The van der Waals surface area contributed by atoms with Gasteiger partial charge in [0.15, 0.2) is 0 Å². The van der Waals surface area contributed by atoms with Crippen molar-refractivity contribution in [1.82, 2.24) is 55.6 Å². The van der Waals surface area contributed by atoms with Crippen molar-refractivity contribution in [3.8, 4) is 0 Å². The Kier molecular flexibility index (Phi) is 26.2. The molecule has 3 aliphatic heterocycles. The van der Waals surface area contributed by atoms with Gasteiger partial charge in [-0.2, -0.15) is 26.3 Å². The summed E-state index contributed by atoms with van der Waals surface area (Å²) in [4.78, 5) is 169. The average Bonchev–Trinajstić information content (AvgIpc) is 1.77. The predicted octanol–water partition coefficient (Wildman–Crippen LogP) is 6.05. The van der Waals surface area contributed by atoms with Crippen LogP contribution in [0.5, 0.6) is 0 Å². The number of halogens is 7. The Hall–Kier alpha value is -5.96. The van der Waals surface area contributed by atoms with Crippen LogP contribution in [0.1, 0.15) is 182 Å². The Morgan fingerprint density at radius 3 is 1.73 bits per heavy atom. The minimum Gasteiger partial charge on any atom is -0.351 e. The fraction of sp³-hybridized carbons (Fsp3) is 0.833. The van der Waals surface area contributed by atoms with E-state index in [2.05, 4.69) is 21.3 Å². The predicted molar refractivity (Wildman–Crippen MR) is 339 cm³/mol. The number of carbonyl (C=O) groups excluding carboxylic acids is 11. The van der Waals surface area contributed by atoms with Gasteiger partial charge in [0.2, 0.25) is 65.0 Å². The van der Waals surface area contributed by atoms with E-state index < -0.39 is 179 Å². The Morgan fingerprint density at radius 1 is 0.568 bits per heavy atom. The van der Waals surface area contributed by atoms with Crippen LogP contribution in [0.15, 0.2) is 0 Å². The maximum Gasteiger partial charge on any atom is 0.393 e. The van der Waals surface area contributed by atoms with Gasteiger partial charge in [-0.25, -0.2) is 0 Å². The second-order valence-electron chi connectivity index (χ2n) is 28.7. The van der Waals surface area contributed by atoms with E-state index in [1.165, 1.54) is 61.8 Å². The van der Waals surface area contributed by atoms with Gasteiger partial charge in [-0.1, -0.05) is 46.0 Å². The standard InChI is InChI=1S/C66H102ClF6N11O11/c1-10-38(2)54-62(94)79(6)36-52(86)78(5)37-53(87)81(8)50(35-42-21-25-44(26-22-42)65(68,69)70)61(93)84-32-15-19-48(84)57(89)75-47(28-24-41-23-27-45(46(67)34-41)66(71,72)73)60(92)83-31-16-20-49(83)58(90)77-64(29-13-14-30-64)63(95)82(9)55(43-17-11-12-18-43)59(91)74-39(3)33-51(85)80(7)40(4)56(88)76-54/h38-50,54-55H,10-37H2,1-9H3,(H,74,91)(H,75,89)(H,76,88)(H,77,90)/t38-,39+,40-,41?,42?,44?,45?,46?,47-,48+,49-,50-,54-,55-/m0/s1. The molecule has 0 aromatic carbocycles. The molecule has 3 unspecified atom stereocenters. The Morgan fingerprint density at radius 2 is 1.15 bits per heavy atom. The van der Waals surface area contributed by atoms with Crippen LogP contribution in [-0.2, 0) is 52.7 Å². The van der Waals surface area contributed by atoms with E-state index in [0.717, 1.165) is 27.5 Å². The minimum absolute atomic E-state index is 0.00571. The molecule has 11 amide bonds. The van der Waals surface area contributed by atoms with E-state index >= 15 is 14.4 Å². The van der Waals surface area contributed by atoms with Crippen molar-refractivity contribution in [2.75, 3.05) is 61.4 Å². The van der Waals surface area contributed by atoms with Gasteiger partial charge < -0.3 is 55.6 Å². The van der Waals surface area contributed by atoms with E-state index in [0.29, 0.717) is 38.5 Å². The molecule has 22 nitrogen and oxygen atoms in total. The first-order chi connectivity index (χ1) is 44.6. The summed E-state index contributed by atoms with van der Waals surface area (Å²) >= 11 is 6.39. The fourth-order valence-corrected chi connectivity index (χ4v) is 16.2. The number of hydrogen-bond donors (Lipinski definition) is 4. The molecule has 4 saturated carbocycles. The number of nitrogens with zero attached hydrogens (tertiary/aromatic N) is 7. The third-order valence-corrected chi connectivity index (χ3v) is 22.6. The van der Waals surface area contributed by atoms with Gasteiger partial charge in [0.25, 0.3) is 0 Å².